The molecule has 84 valence electrons. The lowest BCUT2D eigenvalue weighted by Gasteiger charge is -2.19. The lowest BCUT2D eigenvalue weighted by atomic mass is 10.2. The summed E-state index contributed by atoms with van der Waals surface area (Å²) in [7, 11) is 0. The van der Waals surface area contributed by atoms with Crippen LogP contribution in [0.5, 0.6) is 0 Å². The average molecular weight is 213 g/mol. The van der Waals surface area contributed by atoms with Gasteiger partial charge < -0.3 is 15.1 Å². The van der Waals surface area contributed by atoms with E-state index in [4.69, 9.17) is 5.11 Å². The Morgan fingerprint density at radius 1 is 1.40 bits per heavy atom. The van der Waals surface area contributed by atoms with Gasteiger partial charge in [-0.2, -0.15) is 0 Å². The summed E-state index contributed by atoms with van der Waals surface area (Å²) in [5, 5.41) is 18.2. The number of β-amino-alcohol motifs (C(OH)–C–C–N with tert-alkyl or cyclic N) is 1. The number of carbonyl (C=O) groups excluding carboxylic acids is 1. The highest BCUT2D eigenvalue weighted by atomic mass is 16.4. The molecule has 1 rings (SSSR count). The number of hydrogen-bond acceptors (Lipinski definition) is 3. The molecule has 1 aliphatic rings. The maximum absolute atomic E-state index is 11.6. The van der Waals surface area contributed by atoms with Gasteiger partial charge in [0.05, 0.1) is 6.10 Å². The molecule has 1 aliphatic heterocycles. The van der Waals surface area contributed by atoms with Gasteiger partial charge >= 0.3 is 5.97 Å². The zero-order valence-corrected chi connectivity index (χ0v) is 8.80. The Morgan fingerprint density at radius 3 is 2.47 bits per heavy atom. The van der Waals surface area contributed by atoms with E-state index in [-0.39, 0.29) is 18.9 Å². The Balaban J connectivity index is 2.80. The number of aliphatic hydroxyl groups excluding tert-OH is 1. The molecule has 1 fully saturated rings. The van der Waals surface area contributed by atoms with Gasteiger partial charge in [0.1, 0.15) is 6.04 Å². The first kappa shape index (κ1) is 11.7. The molecule has 5 nitrogen and oxygen atoms in total. The number of aliphatic hydroxyl groups is 1. The molecule has 0 radical (unpaired) electrons. The number of rotatable bonds is 2. The number of carbonyl (C=O) groups is 2. The lowest BCUT2D eigenvalue weighted by molar-refractivity contribution is -0.146. The zero-order valence-electron chi connectivity index (χ0n) is 8.80. The Kier molecular flexibility index (Phi) is 3.47. The number of allylic oxidation sites excluding steroid dienone is 1. The van der Waals surface area contributed by atoms with Crippen molar-refractivity contribution in [1.29, 1.82) is 0 Å². The van der Waals surface area contributed by atoms with Gasteiger partial charge in [-0.25, -0.2) is 4.79 Å². The first-order valence-electron chi connectivity index (χ1n) is 4.78. The van der Waals surface area contributed by atoms with Gasteiger partial charge in [-0.15, -0.1) is 0 Å². The molecule has 0 bridgehead atoms. The van der Waals surface area contributed by atoms with E-state index in [2.05, 4.69) is 0 Å². The van der Waals surface area contributed by atoms with E-state index in [1.807, 2.05) is 0 Å². The number of carboxylic acid groups (broad SMARTS) is 1. The number of amides is 1. The van der Waals surface area contributed by atoms with Crippen LogP contribution in [0, 0.1) is 0 Å². The summed E-state index contributed by atoms with van der Waals surface area (Å²) in [6.07, 6.45) is 0.756. The zero-order chi connectivity index (χ0) is 11.6. The topological polar surface area (TPSA) is 77.8 Å². The smallest absolute Gasteiger partial charge is 0.326 e. The molecule has 1 saturated heterocycles. The van der Waals surface area contributed by atoms with E-state index >= 15 is 0 Å². The highest BCUT2D eigenvalue weighted by molar-refractivity contribution is 5.92. The number of likely N-dealkylation sites (tertiary alicyclic amines) is 1. The Bertz CT molecular complexity index is 307. The molecule has 1 amide bonds. The van der Waals surface area contributed by atoms with Gasteiger partial charge in [0.25, 0.3) is 0 Å². The van der Waals surface area contributed by atoms with Crippen molar-refractivity contribution in [2.45, 2.75) is 32.4 Å². The van der Waals surface area contributed by atoms with E-state index in [0.717, 1.165) is 5.57 Å². The van der Waals surface area contributed by atoms with E-state index in [0.29, 0.717) is 0 Å². The van der Waals surface area contributed by atoms with Crippen molar-refractivity contribution in [3.05, 3.63) is 11.6 Å². The molecule has 0 aromatic carbocycles. The number of nitrogens with zero attached hydrogens (tertiary/aromatic N) is 1. The maximum atomic E-state index is 11.6. The van der Waals surface area contributed by atoms with Crippen molar-refractivity contribution in [2.24, 2.45) is 0 Å². The summed E-state index contributed by atoms with van der Waals surface area (Å²) in [6, 6.07) is -0.900. The van der Waals surface area contributed by atoms with Gasteiger partial charge in [0.15, 0.2) is 0 Å². The summed E-state index contributed by atoms with van der Waals surface area (Å²) in [4.78, 5) is 23.6. The van der Waals surface area contributed by atoms with Gasteiger partial charge in [0.2, 0.25) is 5.91 Å². The standard InChI is InChI=1S/C10H15NO4/c1-6(2)3-9(13)11-5-7(12)4-8(11)10(14)15/h3,7-8,12H,4-5H2,1-2H3,(H,14,15)/t7-,8+/m1/s1. The van der Waals surface area contributed by atoms with Crippen molar-refractivity contribution >= 4 is 11.9 Å². The number of carboxylic acids is 1. The molecule has 15 heavy (non-hydrogen) atoms. The number of aliphatic carboxylic acids is 1. The Morgan fingerprint density at radius 2 is 2.00 bits per heavy atom. The summed E-state index contributed by atoms with van der Waals surface area (Å²) in [5.41, 5.74) is 0.811. The minimum absolute atomic E-state index is 0.0968. The summed E-state index contributed by atoms with van der Waals surface area (Å²) in [5.74, 6) is -1.42. The second kappa shape index (κ2) is 4.44. The second-order valence-electron chi connectivity index (χ2n) is 3.96. The van der Waals surface area contributed by atoms with Crippen molar-refractivity contribution in [1.82, 2.24) is 4.90 Å². The van der Waals surface area contributed by atoms with Gasteiger partial charge in [-0.05, 0) is 13.8 Å². The molecule has 0 aromatic rings. The van der Waals surface area contributed by atoms with Gasteiger partial charge in [-0.1, -0.05) is 5.57 Å². The van der Waals surface area contributed by atoms with Crippen LogP contribution in [0.3, 0.4) is 0 Å². The summed E-state index contributed by atoms with van der Waals surface area (Å²) >= 11 is 0. The van der Waals surface area contributed by atoms with Crippen LogP contribution < -0.4 is 0 Å². The molecule has 2 N–H and O–H groups in total. The van der Waals surface area contributed by atoms with E-state index in [1.165, 1.54) is 11.0 Å². The normalized spacial score (nSPS) is 25.1. The molecule has 0 aliphatic carbocycles. The SMILES string of the molecule is CC(C)=CC(=O)N1C[C@H](O)C[C@H]1C(=O)O. The molecule has 0 saturated carbocycles. The van der Waals surface area contributed by atoms with Crippen LogP contribution in [-0.2, 0) is 9.59 Å². The minimum Gasteiger partial charge on any atom is -0.480 e. The molecule has 5 heteroatoms. The van der Waals surface area contributed by atoms with Crippen molar-refractivity contribution in [3.63, 3.8) is 0 Å². The van der Waals surface area contributed by atoms with Crippen molar-refractivity contribution in [3.8, 4) is 0 Å². The lowest BCUT2D eigenvalue weighted by Crippen LogP contribution is -2.39. The van der Waals surface area contributed by atoms with Gasteiger partial charge in [-0.3, -0.25) is 4.79 Å². The van der Waals surface area contributed by atoms with Gasteiger partial charge in [0, 0.05) is 19.0 Å². The fourth-order valence-electron chi connectivity index (χ4n) is 1.62. The van der Waals surface area contributed by atoms with Crippen LogP contribution in [-0.4, -0.2) is 45.7 Å². The third-order valence-electron chi connectivity index (χ3n) is 2.26. The molecule has 0 unspecified atom stereocenters. The van der Waals surface area contributed by atoms with Crippen LogP contribution in [0.2, 0.25) is 0 Å². The van der Waals surface area contributed by atoms with E-state index < -0.39 is 18.1 Å². The fraction of sp³-hybridized carbons (Fsp3) is 0.600. The Hall–Kier alpha value is -1.36. The third-order valence-corrected chi connectivity index (χ3v) is 2.26. The third kappa shape index (κ3) is 2.79. The molecular formula is C10H15NO4. The molecular weight excluding hydrogens is 198 g/mol. The predicted octanol–water partition coefficient (Wildman–Crippen LogP) is -0.00100. The van der Waals surface area contributed by atoms with Crippen LogP contribution in [0.25, 0.3) is 0 Å². The summed E-state index contributed by atoms with van der Waals surface area (Å²) in [6.45, 7) is 3.62. The number of hydrogen-bond donors (Lipinski definition) is 2. The minimum atomic E-state index is -1.07. The highest BCUT2D eigenvalue weighted by Crippen LogP contribution is 2.18. The first-order valence-corrected chi connectivity index (χ1v) is 4.78. The van der Waals surface area contributed by atoms with Crippen molar-refractivity contribution < 1.29 is 19.8 Å². The molecule has 2 atom stereocenters. The quantitative estimate of drug-likeness (QED) is 0.633. The van der Waals surface area contributed by atoms with Crippen LogP contribution in [0.4, 0.5) is 0 Å². The average Bonchev–Trinajstić information content (AvgIpc) is 2.46. The Labute approximate surface area is 88.0 Å². The van der Waals surface area contributed by atoms with Crippen LogP contribution in [0.1, 0.15) is 20.3 Å². The van der Waals surface area contributed by atoms with E-state index in [1.54, 1.807) is 13.8 Å². The highest BCUT2D eigenvalue weighted by Gasteiger charge is 2.37. The maximum Gasteiger partial charge on any atom is 0.326 e. The van der Waals surface area contributed by atoms with Crippen molar-refractivity contribution in [2.75, 3.05) is 6.54 Å². The molecule has 1 heterocycles. The molecule has 0 spiro atoms. The largest absolute Gasteiger partial charge is 0.480 e. The second-order valence-corrected chi connectivity index (χ2v) is 3.96. The first-order chi connectivity index (χ1) is 6.91. The molecule has 0 aromatic heterocycles. The summed E-state index contributed by atoms with van der Waals surface area (Å²) < 4.78 is 0. The fourth-order valence-corrected chi connectivity index (χ4v) is 1.62. The van der Waals surface area contributed by atoms with Crippen LogP contribution >= 0.6 is 0 Å². The predicted molar refractivity (Wildman–Crippen MR) is 53.2 cm³/mol. The van der Waals surface area contributed by atoms with E-state index in [9.17, 15) is 14.7 Å². The van der Waals surface area contributed by atoms with Crippen LogP contribution in [0.15, 0.2) is 11.6 Å². The monoisotopic (exact) mass is 213 g/mol.